The first kappa shape index (κ1) is 19.9. The van der Waals surface area contributed by atoms with Gasteiger partial charge in [-0.2, -0.15) is 0 Å². The zero-order valence-corrected chi connectivity index (χ0v) is 15.9. The number of hydrogen-bond acceptors (Lipinski definition) is 2. The second kappa shape index (κ2) is 7.26. The van der Waals surface area contributed by atoms with Crippen LogP contribution in [0.3, 0.4) is 0 Å². The van der Waals surface area contributed by atoms with E-state index in [2.05, 4.69) is 86.9 Å². The highest BCUT2D eigenvalue weighted by Crippen LogP contribution is 2.49. The lowest BCUT2D eigenvalue weighted by molar-refractivity contribution is -0.0180. The zero-order valence-electron chi connectivity index (χ0n) is 15.9. The first-order valence-electron chi connectivity index (χ1n) is 8.32. The Bertz CT molecular complexity index is 276. The van der Waals surface area contributed by atoms with Crippen molar-refractivity contribution < 1.29 is 0 Å². The van der Waals surface area contributed by atoms with E-state index in [0.29, 0.717) is 30.0 Å². The summed E-state index contributed by atoms with van der Waals surface area (Å²) in [6.45, 7) is 23.6. The molecule has 0 radical (unpaired) electrons. The molecule has 3 atom stereocenters. The smallest absolute Gasteiger partial charge is 0.0595 e. The van der Waals surface area contributed by atoms with E-state index in [0.717, 1.165) is 0 Å². The van der Waals surface area contributed by atoms with Gasteiger partial charge < -0.3 is 5.32 Å². The van der Waals surface area contributed by atoms with Gasteiger partial charge in [0.1, 0.15) is 0 Å². The van der Waals surface area contributed by atoms with E-state index in [-0.39, 0.29) is 10.8 Å². The molecule has 0 saturated heterocycles. The van der Waals surface area contributed by atoms with Crippen molar-refractivity contribution in [3.63, 3.8) is 0 Å². The minimum atomic E-state index is 0.241. The van der Waals surface area contributed by atoms with Crippen molar-refractivity contribution in [2.45, 2.75) is 81.4 Å². The lowest BCUT2D eigenvalue weighted by atomic mass is 9.56. The summed E-state index contributed by atoms with van der Waals surface area (Å²) in [7, 11) is 2.05. The maximum absolute atomic E-state index is 3.92. The molecular weight excluding hydrogens is 244 g/mol. The van der Waals surface area contributed by atoms with Crippen LogP contribution in [-0.2, 0) is 0 Å². The van der Waals surface area contributed by atoms with Crippen LogP contribution in [-0.4, -0.2) is 19.3 Å². The van der Waals surface area contributed by atoms with Crippen molar-refractivity contribution >= 4 is 0 Å². The SMILES string of the molecule is CNC(NC(C(C)C)C(C)(C(C)C)C(C)(C)C)C(C)C. The Morgan fingerprint density at radius 1 is 0.750 bits per heavy atom. The predicted molar refractivity (Wildman–Crippen MR) is 91.8 cm³/mol. The van der Waals surface area contributed by atoms with Gasteiger partial charge in [0.25, 0.3) is 0 Å². The molecule has 0 fully saturated rings. The van der Waals surface area contributed by atoms with Gasteiger partial charge in [-0.25, -0.2) is 0 Å². The Labute approximate surface area is 128 Å². The molecule has 0 rings (SSSR count). The fourth-order valence-electron chi connectivity index (χ4n) is 3.55. The molecule has 0 aromatic carbocycles. The van der Waals surface area contributed by atoms with E-state index < -0.39 is 0 Å². The summed E-state index contributed by atoms with van der Waals surface area (Å²) in [6, 6.07) is 0.488. The van der Waals surface area contributed by atoms with Crippen LogP contribution < -0.4 is 10.6 Å². The van der Waals surface area contributed by atoms with Crippen LogP contribution in [0.1, 0.15) is 69.2 Å². The van der Waals surface area contributed by atoms with Crippen LogP contribution >= 0.6 is 0 Å². The molecule has 0 aliphatic heterocycles. The third kappa shape index (κ3) is 4.21. The normalized spacial score (nSPS) is 19.5. The molecule has 0 bridgehead atoms. The first-order chi connectivity index (χ1) is 8.89. The molecule has 2 nitrogen and oxygen atoms in total. The molecule has 0 aromatic heterocycles. The zero-order chi connectivity index (χ0) is 16.3. The van der Waals surface area contributed by atoms with Gasteiger partial charge in [0, 0.05) is 6.04 Å². The Hall–Kier alpha value is -0.0800. The van der Waals surface area contributed by atoms with E-state index in [1.165, 1.54) is 0 Å². The second-order valence-corrected chi connectivity index (χ2v) is 8.59. The summed E-state index contributed by atoms with van der Waals surface area (Å²) in [6.07, 6.45) is 0.364. The second-order valence-electron chi connectivity index (χ2n) is 8.59. The number of hydrogen-bond donors (Lipinski definition) is 2. The largest absolute Gasteiger partial charge is 0.305 e. The minimum Gasteiger partial charge on any atom is -0.305 e. The van der Waals surface area contributed by atoms with Gasteiger partial charge in [0.2, 0.25) is 0 Å². The van der Waals surface area contributed by atoms with Crippen LogP contribution in [0.25, 0.3) is 0 Å². The topological polar surface area (TPSA) is 24.1 Å². The molecule has 0 aromatic rings. The standard InChI is InChI=1S/C18H40N2/c1-12(2)15(20-16(19-11)13(3)4)18(10,14(5)6)17(7,8)9/h12-16,19-20H,1-11H3. The Kier molecular flexibility index (Phi) is 7.24. The van der Waals surface area contributed by atoms with Gasteiger partial charge in [0.15, 0.2) is 0 Å². The molecule has 122 valence electrons. The highest BCUT2D eigenvalue weighted by atomic mass is 15.1. The van der Waals surface area contributed by atoms with Crippen molar-refractivity contribution in [2.24, 2.45) is 28.6 Å². The van der Waals surface area contributed by atoms with Crippen molar-refractivity contribution in [1.82, 2.24) is 10.6 Å². The van der Waals surface area contributed by atoms with Gasteiger partial charge in [-0.05, 0) is 35.6 Å². The molecule has 0 spiro atoms. The Balaban J connectivity index is 5.53. The van der Waals surface area contributed by atoms with Gasteiger partial charge in [0.05, 0.1) is 6.17 Å². The number of nitrogens with one attached hydrogen (secondary N) is 2. The van der Waals surface area contributed by atoms with Gasteiger partial charge in [-0.15, -0.1) is 0 Å². The van der Waals surface area contributed by atoms with E-state index in [1.54, 1.807) is 0 Å². The van der Waals surface area contributed by atoms with Crippen LogP contribution in [0.4, 0.5) is 0 Å². The van der Waals surface area contributed by atoms with Crippen molar-refractivity contribution in [3.05, 3.63) is 0 Å². The average Bonchev–Trinajstić information content (AvgIpc) is 2.26. The molecule has 0 heterocycles. The monoisotopic (exact) mass is 284 g/mol. The summed E-state index contributed by atoms with van der Waals surface area (Å²) in [5, 5.41) is 7.36. The maximum Gasteiger partial charge on any atom is 0.0595 e. The molecule has 2 N–H and O–H groups in total. The Morgan fingerprint density at radius 3 is 1.40 bits per heavy atom. The highest BCUT2D eigenvalue weighted by Gasteiger charge is 2.47. The molecule has 20 heavy (non-hydrogen) atoms. The maximum atomic E-state index is 3.92. The average molecular weight is 285 g/mol. The van der Waals surface area contributed by atoms with Crippen LogP contribution in [0.2, 0.25) is 0 Å². The molecule has 2 heteroatoms. The highest BCUT2D eigenvalue weighted by molar-refractivity contribution is 5.00. The van der Waals surface area contributed by atoms with Crippen molar-refractivity contribution in [3.8, 4) is 0 Å². The van der Waals surface area contributed by atoms with Gasteiger partial charge in [-0.3, -0.25) is 5.32 Å². The summed E-state index contributed by atoms with van der Waals surface area (Å²) >= 11 is 0. The fourth-order valence-corrected chi connectivity index (χ4v) is 3.55. The van der Waals surface area contributed by atoms with Crippen LogP contribution in [0, 0.1) is 28.6 Å². The molecular formula is C18H40N2. The third-order valence-corrected chi connectivity index (χ3v) is 5.46. The van der Waals surface area contributed by atoms with E-state index in [1.807, 2.05) is 0 Å². The third-order valence-electron chi connectivity index (χ3n) is 5.46. The van der Waals surface area contributed by atoms with Gasteiger partial charge in [-0.1, -0.05) is 69.2 Å². The molecule has 0 aliphatic carbocycles. The predicted octanol–water partition coefficient (Wildman–Crippen LogP) is 4.51. The number of rotatable bonds is 7. The minimum absolute atomic E-state index is 0.241. The fraction of sp³-hybridized carbons (Fsp3) is 1.00. The van der Waals surface area contributed by atoms with Crippen LogP contribution in [0.15, 0.2) is 0 Å². The molecule has 0 amide bonds. The van der Waals surface area contributed by atoms with E-state index in [9.17, 15) is 0 Å². The molecule has 3 unspecified atom stereocenters. The quantitative estimate of drug-likeness (QED) is 0.672. The summed E-state index contributed by atoms with van der Waals surface area (Å²) < 4.78 is 0. The van der Waals surface area contributed by atoms with Crippen molar-refractivity contribution in [2.75, 3.05) is 7.05 Å². The Morgan fingerprint density at radius 2 is 1.20 bits per heavy atom. The van der Waals surface area contributed by atoms with E-state index in [4.69, 9.17) is 0 Å². The molecule has 0 saturated carbocycles. The summed E-state index contributed by atoms with van der Waals surface area (Å²) in [4.78, 5) is 0. The molecule has 0 aliphatic rings. The van der Waals surface area contributed by atoms with Crippen LogP contribution in [0.5, 0.6) is 0 Å². The summed E-state index contributed by atoms with van der Waals surface area (Å²) in [5.41, 5.74) is 0.504. The summed E-state index contributed by atoms with van der Waals surface area (Å²) in [5.74, 6) is 1.82. The first-order valence-corrected chi connectivity index (χ1v) is 8.32. The van der Waals surface area contributed by atoms with Gasteiger partial charge >= 0.3 is 0 Å². The van der Waals surface area contributed by atoms with E-state index >= 15 is 0 Å². The van der Waals surface area contributed by atoms with Crippen molar-refractivity contribution in [1.29, 1.82) is 0 Å². The lowest BCUT2D eigenvalue weighted by Crippen LogP contribution is -2.61. The lowest BCUT2D eigenvalue weighted by Gasteiger charge is -2.53.